The van der Waals surface area contributed by atoms with Crippen LogP contribution in [0, 0.1) is 13.8 Å². The van der Waals surface area contributed by atoms with E-state index in [0.717, 1.165) is 27.9 Å². The van der Waals surface area contributed by atoms with Crippen LogP contribution >= 0.6 is 15.9 Å². The number of hydrogen-bond acceptors (Lipinski definition) is 2. The van der Waals surface area contributed by atoms with Gasteiger partial charge in [-0.05, 0) is 31.0 Å². The Morgan fingerprint density at radius 3 is 2.71 bits per heavy atom. The molecule has 2 nitrogen and oxygen atoms in total. The van der Waals surface area contributed by atoms with Crippen LogP contribution in [0.1, 0.15) is 23.9 Å². The molecule has 2 aromatic rings. The van der Waals surface area contributed by atoms with Gasteiger partial charge in [0, 0.05) is 10.9 Å². The molecule has 0 bridgehead atoms. The molecule has 0 unspecified atom stereocenters. The molecule has 0 amide bonds. The predicted octanol–water partition coefficient (Wildman–Crippen LogP) is 3.77. The van der Waals surface area contributed by atoms with Gasteiger partial charge in [0.2, 0.25) is 0 Å². The molecule has 0 aliphatic heterocycles. The first kappa shape index (κ1) is 9.71. The second kappa shape index (κ2) is 3.39. The maximum absolute atomic E-state index is 5.65. The Hall–Kier alpha value is -0.830. The van der Waals surface area contributed by atoms with E-state index < -0.39 is 0 Å². The molecule has 1 aromatic heterocycles. The number of aryl methyl sites for hydroxylation is 2. The Morgan fingerprint density at radius 1 is 1.36 bits per heavy atom. The van der Waals surface area contributed by atoms with Crippen LogP contribution in [0.4, 0.5) is 0 Å². The van der Waals surface area contributed by atoms with Crippen molar-refractivity contribution in [3.63, 3.8) is 0 Å². The number of fused-ring (bicyclic) bond motifs is 1. The molecular weight excluding hydrogens is 242 g/mol. The smallest absolute Gasteiger partial charge is 0.195 e. The van der Waals surface area contributed by atoms with Crippen LogP contribution in [0.3, 0.4) is 0 Å². The molecule has 0 aliphatic rings. The monoisotopic (exact) mass is 253 g/mol. The Kier molecular flexibility index (Phi) is 2.35. The van der Waals surface area contributed by atoms with Crippen molar-refractivity contribution in [2.24, 2.45) is 0 Å². The summed E-state index contributed by atoms with van der Waals surface area (Å²) in [6, 6.07) is 2.01. The normalized spacial score (nSPS) is 11.1. The fourth-order valence-electron chi connectivity index (χ4n) is 1.47. The Morgan fingerprint density at radius 2 is 2.07 bits per heavy atom. The molecule has 0 atom stereocenters. The van der Waals surface area contributed by atoms with E-state index in [1.807, 2.05) is 13.0 Å². The first-order valence-electron chi connectivity index (χ1n) is 4.68. The molecule has 0 fully saturated rings. The number of nitrogens with zero attached hydrogens (tertiary/aromatic N) is 1. The summed E-state index contributed by atoms with van der Waals surface area (Å²) < 4.78 is 6.75. The molecule has 1 aromatic carbocycles. The second-order valence-electron chi connectivity index (χ2n) is 3.42. The first-order valence-corrected chi connectivity index (χ1v) is 5.48. The molecule has 1 heterocycles. The number of oxazole rings is 1. The van der Waals surface area contributed by atoms with E-state index in [9.17, 15) is 0 Å². The maximum atomic E-state index is 5.65. The van der Waals surface area contributed by atoms with Crippen molar-refractivity contribution in [3.8, 4) is 0 Å². The van der Waals surface area contributed by atoms with Gasteiger partial charge in [-0.25, -0.2) is 4.98 Å². The number of hydrogen-bond donors (Lipinski definition) is 0. The zero-order valence-electron chi connectivity index (χ0n) is 8.52. The highest BCUT2D eigenvalue weighted by atomic mass is 79.9. The summed E-state index contributed by atoms with van der Waals surface area (Å²) in [5.41, 5.74) is 4.25. The van der Waals surface area contributed by atoms with Crippen molar-refractivity contribution in [2.45, 2.75) is 27.2 Å². The van der Waals surface area contributed by atoms with Gasteiger partial charge < -0.3 is 4.42 Å². The zero-order chi connectivity index (χ0) is 10.3. The van der Waals surface area contributed by atoms with Gasteiger partial charge in [-0.2, -0.15) is 0 Å². The van der Waals surface area contributed by atoms with Crippen molar-refractivity contribution in [3.05, 3.63) is 27.6 Å². The molecule has 14 heavy (non-hydrogen) atoms. The number of rotatable bonds is 1. The summed E-state index contributed by atoms with van der Waals surface area (Å²) in [6.45, 7) is 6.18. The molecular formula is C11H12BrNO. The van der Waals surface area contributed by atoms with E-state index in [0.29, 0.717) is 0 Å². The molecule has 0 spiro atoms. The van der Waals surface area contributed by atoms with Gasteiger partial charge in [0.25, 0.3) is 0 Å². The van der Waals surface area contributed by atoms with Gasteiger partial charge in [-0.3, -0.25) is 0 Å². The van der Waals surface area contributed by atoms with Gasteiger partial charge in [0.05, 0.1) is 0 Å². The van der Waals surface area contributed by atoms with Gasteiger partial charge in [0.15, 0.2) is 11.5 Å². The lowest BCUT2D eigenvalue weighted by atomic mass is 10.1. The fourth-order valence-corrected chi connectivity index (χ4v) is 1.99. The van der Waals surface area contributed by atoms with Gasteiger partial charge >= 0.3 is 0 Å². The number of aromatic nitrogens is 1. The summed E-state index contributed by atoms with van der Waals surface area (Å²) in [5.74, 6) is 0.806. The van der Waals surface area contributed by atoms with Crippen molar-refractivity contribution in [1.82, 2.24) is 4.98 Å². The van der Waals surface area contributed by atoms with Crippen LogP contribution in [0.15, 0.2) is 15.0 Å². The minimum absolute atomic E-state index is 0.806. The largest absolute Gasteiger partial charge is 0.440 e. The van der Waals surface area contributed by atoms with Crippen LogP contribution in [0.2, 0.25) is 0 Å². The molecule has 0 saturated heterocycles. The molecule has 2 rings (SSSR count). The van der Waals surface area contributed by atoms with Crippen molar-refractivity contribution < 1.29 is 4.42 Å². The van der Waals surface area contributed by atoms with Gasteiger partial charge in [-0.1, -0.05) is 22.9 Å². The van der Waals surface area contributed by atoms with Crippen LogP contribution < -0.4 is 0 Å². The summed E-state index contributed by atoms with van der Waals surface area (Å²) in [7, 11) is 0. The van der Waals surface area contributed by atoms with Crippen LogP contribution in [0.5, 0.6) is 0 Å². The third-order valence-corrected chi connectivity index (χ3v) is 3.35. The summed E-state index contributed by atoms with van der Waals surface area (Å²) in [6.07, 6.45) is 0.838. The fraction of sp³-hybridized carbons (Fsp3) is 0.364. The quantitative estimate of drug-likeness (QED) is 0.774. The van der Waals surface area contributed by atoms with E-state index in [1.54, 1.807) is 0 Å². The van der Waals surface area contributed by atoms with E-state index in [4.69, 9.17) is 4.42 Å². The van der Waals surface area contributed by atoms with Gasteiger partial charge in [-0.15, -0.1) is 0 Å². The van der Waals surface area contributed by atoms with Crippen molar-refractivity contribution in [1.29, 1.82) is 0 Å². The van der Waals surface area contributed by atoms with E-state index in [2.05, 4.69) is 34.8 Å². The summed E-state index contributed by atoms with van der Waals surface area (Å²) >= 11 is 3.52. The van der Waals surface area contributed by atoms with Crippen LogP contribution in [0.25, 0.3) is 11.1 Å². The summed E-state index contributed by atoms with van der Waals surface area (Å²) in [5, 5.41) is 0. The number of halogens is 1. The maximum Gasteiger partial charge on any atom is 0.195 e. The Balaban J connectivity index is 2.81. The average molecular weight is 254 g/mol. The molecule has 74 valence electrons. The van der Waals surface area contributed by atoms with Crippen molar-refractivity contribution >= 4 is 27.0 Å². The van der Waals surface area contributed by atoms with Crippen LogP contribution in [-0.4, -0.2) is 4.98 Å². The van der Waals surface area contributed by atoms with E-state index in [-0.39, 0.29) is 0 Å². The molecule has 0 radical (unpaired) electrons. The average Bonchev–Trinajstić information content (AvgIpc) is 2.57. The first-order chi connectivity index (χ1) is 6.63. The highest BCUT2D eigenvalue weighted by Crippen LogP contribution is 2.28. The summed E-state index contributed by atoms with van der Waals surface area (Å²) in [4.78, 5) is 4.40. The third-order valence-electron chi connectivity index (χ3n) is 2.52. The Labute approximate surface area is 91.5 Å². The molecule has 0 N–H and O–H groups in total. The minimum atomic E-state index is 0.806. The van der Waals surface area contributed by atoms with Crippen molar-refractivity contribution in [2.75, 3.05) is 0 Å². The lowest BCUT2D eigenvalue weighted by molar-refractivity contribution is 0.536. The molecule has 0 saturated carbocycles. The number of benzene rings is 1. The highest BCUT2D eigenvalue weighted by Gasteiger charge is 2.10. The predicted molar refractivity (Wildman–Crippen MR) is 60.6 cm³/mol. The third kappa shape index (κ3) is 1.36. The van der Waals surface area contributed by atoms with E-state index in [1.165, 1.54) is 11.1 Å². The van der Waals surface area contributed by atoms with Gasteiger partial charge in [0.1, 0.15) is 5.52 Å². The minimum Gasteiger partial charge on any atom is -0.440 e. The topological polar surface area (TPSA) is 26.0 Å². The Bertz CT molecular complexity index is 487. The lowest BCUT2D eigenvalue weighted by Crippen LogP contribution is -1.83. The zero-order valence-corrected chi connectivity index (χ0v) is 10.1. The standard InChI is InChI=1S/C11H12BrNO/c1-4-10-13-9-5-8(12)6(2)7(3)11(9)14-10/h5H,4H2,1-3H3. The van der Waals surface area contributed by atoms with E-state index >= 15 is 0 Å². The molecule has 3 heteroatoms. The second-order valence-corrected chi connectivity index (χ2v) is 4.27. The SMILES string of the molecule is CCc1nc2cc(Br)c(C)c(C)c2o1. The lowest BCUT2D eigenvalue weighted by Gasteiger charge is -2.01. The molecule has 0 aliphatic carbocycles. The van der Waals surface area contributed by atoms with Crippen LogP contribution in [-0.2, 0) is 6.42 Å². The highest BCUT2D eigenvalue weighted by molar-refractivity contribution is 9.10.